The van der Waals surface area contributed by atoms with Gasteiger partial charge in [-0.1, -0.05) is 6.92 Å². The Morgan fingerprint density at radius 3 is 2.40 bits per heavy atom. The molecule has 0 aromatic heterocycles. The van der Waals surface area contributed by atoms with Gasteiger partial charge < -0.3 is 15.4 Å². The molecule has 0 unspecified atom stereocenters. The molecule has 3 nitrogen and oxygen atoms in total. The maximum Gasteiger partial charge on any atom is 0.123 e. The first-order chi connectivity index (χ1) is 9.45. The lowest BCUT2D eigenvalue weighted by Gasteiger charge is -2.35. The molecule has 20 heavy (non-hydrogen) atoms. The minimum absolute atomic E-state index is 0.172. The third-order valence-corrected chi connectivity index (χ3v) is 4.23. The zero-order chi connectivity index (χ0) is 14.7. The van der Waals surface area contributed by atoms with E-state index in [0.29, 0.717) is 6.04 Å². The first-order valence-corrected chi connectivity index (χ1v) is 7.75. The largest absolute Gasteiger partial charge is 0.491 e. The van der Waals surface area contributed by atoms with Crippen molar-refractivity contribution in [3.63, 3.8) is 0 Å². The Bertz CT molecular complexity index is 437. The van der Waals surface area contributed by atoms with Gasteiger partial charge in [-0.05, 0) is 51.5 Å². The standard InChI is InChI=1S/C17H28N2O/c1-12(2)20-17-10-14(18)9-16(11-17)19(4)15-7-5-13(3)6-8-15/h9-13,15H,5-8,18H2,1-4H3. The smallest absolute Gasteiger partial charge is 0.123 e. The molecular weight excluding hydrogens is 248 g/mol. The molecule has 1 fully saturated rings. The van der Waals surface area contributed by atoms with Crippen molar-refractivity contribution < 1.29 is 4.74 Å². The second kappa shape index (κ2) is 6.38. The van der Waals surface area contributed by atoms with Crippen molar-refractivity contribution in [3.05, 3.63) is 18.2 Å². The third-order valence-electron chi connectivity index (χ3n) is 4.23. The summed E-state index contributed by atoms with van der Waals surface area (Å²) in [4.78, 5) is 2.37. The van der Waals surface area contributed by atoms with Gasteiger partial charge in [-0.3, -0.25) is 0 Å². The molecule has 2 rings (SSSR count). The van der Waals surface area contributed by atoms with Crippen LogP contribution >= 0.6 is 0 Å². The van der Waals surface area contributed by atoms with Crippen LogP contribution in [0.2, 0.25) is 0 Å². The zero-order valence-electron chi connectivity index (χ0n) is 13.2. The van der Waals surface area contributed by atoms with Crippen molar-refractivity contribution in [2.75, 3.05) is 17.7 Å². The number of nitrogen functional groups attached to an aromatic ring is 1. The number of anilines is 2. The van der Waals surface area contributed by atoms with Crippen LogP contribution in [0.25, 0.3) is 0 Å². The summed E-state index contributed by atoms with van der Waals surface area (Å²) >= 11 is 0. The molecule has 0 aliphatic heterocycles. The van der Waals surface area contributed by atoms with E-state index in [0.717, 1.165) is 17.4 Å². The van der Waals surface area contributed by atoms with Gasteiger partial charge in [0.05, 0.1) is 6.10 Å². The molecule has 1 aliphatic carbocycles. The van der Waals surface area contributed by atoms with Crippen LogP contribution in [0.1, 0.15) is 46.5 Å². The van der Waals surface area contributed by atoms with Crippen molar-refractivity contribution in [1.82, 2.24) is 0 Å². The summed E-state index contributed by atoms with van der Waals surface area (Å²) in [5.41, 5.74) is 7.96. The summed E-state index contributed by atoms with van der Waals surface area (Å²) in [6.07, 6.45) is 5.37. The predicted molar refractivity (Wildman–Crippen MR) is 86.4 cm³/mol. The highest BCUT2D eigenvalue weighted by molar-refractivity contribution is 5.60. The van der Waals surface area contributed by atoms with E-state index in [1.54, 1.807) is 0 Å². The van der Waals surface area contributed by atoms with E-state index in [9.17, 15) is 0 Å². The SMILES string of the molecule is CC1CCC(N(C)c2cc(N)cc(OC(C)C)c2)CC1. The minimum Gasteiger partial charge on any atom is -0.491 e. The van der Waals surface area contributed by atoms with E-state index < -0.39 is 0 Å². The molecule has 0 amide bonds. The molecule has 3 heteroatoms. The van der Waals surface area contributed by atoms with Crippen molar-refractivity contribution >= 4 is 11.4 Å². The summed E-state index contributed by atoms with van der Waals surface area (Å²) in [6.45, 7) is 6.43. The van der Waals surface area contributed by atoms with Crippen LogP contribution in [-0.2, 0) is 0 Å². The molecule has 1 aromatic rings. The van der Waals surface area contributed by atoms with E-state index in [1.807, 2.05) is 26.0 Å². The van der Waals surface area contributed by atoms with Crippen LogP contribution in [0.5, 0.6) is 5.75 Å². The predicted octanol–water partition coefficient (Wildman–Crippen LogP) is 4.07. The molecule has 1 aromatic carbocycles. The van der Waals surface area contributed by atoms with E-state index in [-0.39, 0.29) is 6.10 Å². The lowest BCUT2D eigenvalue weighted by Crippen LogP contribution is -2.34. The molecule has 0 atom stereocenters. The Morgan fingerprint density at radius 1 is 1.15 bits per heavy atom. The highest BCUT2D eigenvalue weighted by Crippen LogP contribution is 2.32. The van der Waals surface area contributed by atoms with Crippen LogP contribution in [0.15, 0.2) is 18.2 Å². The minimum atomic E-state index is 0.172. The van der Waals surface area contributed by atoms with Gasteiger partial charge in [0.25, 0.3) is 0 Å². The Morgan fingerprint density at radius 2 is 1.80 bits per heavy atom. The molecule has 1 saturated carbocycles. The summed E-state index contributed by atoms with van der Waals surface area (Å²) < 4.78 is 5.78. The molecule has 0 bridgehead atoms. The van der Waals surface area contributed by atoms with Gasteiger partial charge in [-0.15, -0.1) is 0 Å². The molecule has 112 valence electrons. The third kappa shape index (κ3) is 3.81. The normalized spacial score (nSPS) is 22.9. The van der Waals surface area contributed by atoms with E-state index >= 15 is 0 Å². The lowest BCUT2D eigenvalue weighted by molar-refractivity contribution is 0.242. The van der Waals surface area contributed by atoms with Crippen LogP contribution in [-0.4, -0.2) is 19.2 Å². The summed E-state index contributed by atoms with van der Waals surface area (Å²) in [5.74, 6) is 1.74. The van der Waals surface area contributed by atoms with E-state index in [1.165, 1.54) is 31.4 Å². The van der Waals surface area contributed by atoms with Gasteiger partial charge in [0.15, 0.2) is 0 Å². The highest BCUT2D eigenvalue weighted by Gasteiger charge is 2.22. The van der Waals surface area contributed by atoms with Gasteiger partial charge in [-0.2, -0.15) is 0 Å². The van der Waals surface area contributed by atoms with Crippen molar-refractivity contribution in [1.29, 1.82) is 0 Å². The zero-order valence-corrected chi connectivity index (χ0v) is 13.2. The number of hydrogen-bond acceptors (Lipinski definition) is 3. The summed E-state index contributed by atoms with van der Waals surface area (Å²) in [5, 5.41) is 0. The van der Waals surface area contributed by atoms with E-state index in [4.69, 9.17) is 10.5 Å². The summed E-state index contributed by atoms with van der Waals surface area (Å²) in [6, 6.07) is 6.68. The Kier molecular flexibility index (Phi) is 4.79. The lowest BCUT2D eigenvalue weighted by atomic mass is 9.86. The Labute approximate surface area is 123 Å². The van der Waals surface area contributed by atoms with Gasteiger partial charge in [-0.25, -0.2) is 0 Å². The Hall–Kier alpha value is -1.38. The fourth-order valence-corrected chi connectivity index (χ4v) is 2.99. The highest BCUT2D eigenvalue weighted by atomic mass is 16.5. The van der Waals surface area contributed by atoms with Crippen LogP contribution in [0.4, 0.5) is 11.4 Å². The number of benzene rings is 1. The quantitative estimate of drug-likeness (QED) is 0.842. The maximum absolute atomic E-state index is 6.02. The van der Waals surface area contributed by atoms with Crippen molar-refractivity contribution in [3.8, 4) is 5.75 Å². The average molecular weight is 276 g/mol. The van der Waals surface area contributed by atoms with Gasteiger partial charge in [0.1, 0.15) is 5.75 Å². The monoisotopic (exact) mass is 276 g/mol. The van der Waals surface area contributed by atoms with Crippen LogP contribution in [0, 0.1) is 5.92 Å². The van der Waals surface area contributed by atoms with Crippen LogP contribution in [0.3, 0.4) is 0 Å². The number of nitrogens with two attached hydrogens (primary N) is 1. The molecule has 0 saturated heterocycles. The van der Waals surface area contributed by atoms with Crippen LogP contribution < -0.4 is 15.4 Å². The fourth-order valence-electron chi connectivity index (χ4n) is 2.99. The number of ether oxygens (including phenoxy) is 1. The van der Waals surface area contributed by atoms with Crippen molar-refractivity contribution in [2.24, 2.45) is 5.92 Å². The first-order valence-electron chi connectivity index (χ1n) is 7.75. The molecule has 0 spiro atoms. The molecule has 0 heterocycles. The van der Waals surface area contributed by atoms with E-state index in [2.05, 4.69) is 24.9 Å². The molecule has 1 aliphatic rings. The summed E-state index contributed by atoms with van der Waals surface area (Å²) in [7, 11) is 2.18. The first kappa shape index (κ1) is 15.0. The average Bonchev–Trinajstić information content (AvgIpc) is 2.37. The number of nitrogens with zero attached hydrogens (tertiary/aromatic N) is 1. The molecular formula is C17H28N2O. The fraction of sp³-hybridized carbons (Fsp3) is 0.647. The number of rotatable bonds is 4. The second-order valence-electron chi connectivity index (χ2n) is 6.45. The molecule has 2 N–H and O–H groups in total. The van der Waals surface area contributed by atoms with Gasteiger partial charge in [0, 0.05) is 36.6 Å². The van der Waals surface area contributed by atoms with Gasteiger partial charge in [0.2, 0.25) is 0 Å². The molecule has 0 radical (unpaired) electrons. The maximum atomic E-state index is 6.02. The van der Waals surface area contributed by atoms with Gasteiger partial charge >= 0.3 is 0 Å². The second-order valence-corrected chi connectivity index (χ2v) is 6.45. The van der Waals surface area contributed by atoms with Crippen molar-refractivity contribution in [2.45, 2.75) is 58.6 Å². The number of hydrogen-bond donors (Lipinski definition) is 1. The topological polar surface area (TPSA) is 38.5 Å². The Balaban J connectivity index is 2.12.